The summed E-state index contributed by atoms with van der Waals surface area (Å²) in [4.78, 5) is 60.2. The van der Waals surface area contributed by atoms with E-state index in [-0.39, 0.29) is 49.9 Å². The van der Waals surface area contributed by atoms with Crippen LogP contribution in [0.15, 0.2) is 60.7 Å². The number of rotatable bonds is 24. The second-order valence-corrected chi connectivity index (χ2v) is 21.7. The molecule has 2 unspecified atom stereocenters. The molecule has 5 aliphatic rings. The van der Waals surface area contributed by atoms with Crippen LogP contribution in [-0.2, 0) is 55.9 Å². The number of amides is 2. The fourth-order valence-corrected chi connectivity index (χ4v) is 11.0. The highest BCUT2D eigenvalue weighted by Gasteiger charge is 2.45. The summed E-state index contributed by atoms with van der Waals surface area (Å²) in [6.45, 7) is 15.1. The van der Waals surface area contributed by atoms with Gasteiger partial charge in [0, 0.05) is 32.7 Å². The first-order valence-electron chi connectivity index (χ1n) is 26.1. The zero-order valence-electron chi connectivity index (χ0n) is 42.2. The van der Waals surface area contributed by atoms with Gasteiger partial charge in [-0.15, -0.1) is 0 Å². The van der Waals surface area contributed by atoms with E-state index < -0.39 is 21.6 Å². The van der Waals surface area contributed by atoms with Gasteiger partial charge in [0.1, 0.15) is 18.8 Å². The fourth-order valence-electron chi connectivity index (χ4n) is 10.6. The van der Waals surface area contributed by atoms with Crippen molar-refractivity contribution in [3.05, 3.63) is 71.8 Å². The van der Waals surface area contributed by atoms with Crippen molar-refractivity contribution in [2.75, 3.05) is 98.1 Å². The lowest BCUT2D eigenvalue weighted by molar-refractivity contribution is -0.165. The maximum Gasteiger partial charge on any atom is 0.410 e. The van der Waals surface area contributed by atoms with E-state index in [2.05, 4.69) is 75.4 Å². The number of esters is 2. The number of cyclic esters (lactones) is 2. The van der Waals surface area contributed by atoms with E-state index in [1.165, 1.54) is 62.7 Å². The van der Waals surface area contributed by atoms with E-state index in [1.807, 2.05) is 4.90 Å². The van der Waals surface area contributed by atoms with Gasteiger partial charge in [-0.1, -0.05) is 86.3 Å². The van der Waals surface area contributed by atoms with E-state index in [4.69, 9.17) is 23.1 Å². The summed E-state index contributed by atoms with van der Waals surface area (Å²) in [7, 11) is -3.52. The van der Waals surface area contributed by atoms with E-state index >= 15 is 0 Å². The molecular formula is C53H81N5O11S. The first-order valence-corrected chi connectivity index (χ1v) is 27.9. The first-order chi connectivity index (χ1) is 33.8. The van der Waals surface area contributed by atoms with Gasteiger partial charge in [0.25, 0.3) is 10.1 Å². The van der Waals surface area contributed by atoms with Crippen molar-refractivity contribution in [2.45, 2.75) is 123 Å². The molecule has 17 heteroatoms. The number of carbonyl (C=O) groups excluding carboxylic acids is 4. The molecule has 390 valence electrons. The van der Waals surface area contributed by atoms with Gasteiger partial charge in [-0.2, -0.15) is 8.42 Å². The highest BCUT2D eigenvalue weighted by Crippen LogP contribution is 2.37. The first kappa shape index (κ1) is 55.0. The summed E-state index contributed by atoms with van der Waals surface area (Å²) < 4.78 is 48.1. The Morgan fingerprint density at radius 3 is 1.59 bits per heavy atom. The van der Waals surface area contributed by atoms with Crippen LogP contribution in [0.25, 0.3) is 0 Å². The lowest BCUT2D eigenvalue weighted by Crippen LogP contribution is -2.48. The zero-order valence-corrected chi connectivity index (χ0v) is 43.0. The lowest BCUT2D eigenvalue weighted by Gasteiger charge is -2.39. The number of unbranched alkanes of at least 4 members (excludes halogenated alkanes) is 2. The average molecular weight is 996 g/mol. The number of likely N-dealkylation sites (tertiary alicyclic amines) is 3. The molecule has 16 nitrogen and oxygen atoms in total. The molecule has 2 atom stereocenters. The normalized spacial score (nSPS) is 21.8. The second-order valence-electron chi connectivity index (χ2n) is 20.1. The van der Waals surface area contributed by atoms with Crippen LogP contribution in [0.4, 0.5) is 9.59 Å². The predicted molar refractivity (Wildman–Crippen MR) is 267 cm³/mol. The van der Waals surface area contributed by atoms with Gasteiger partial charge < -0.3 is 28.7 Å². The molecule has 5 aliphatic heterocycles. The smallest absolute Gasteiger partial charge is 0.410 e. The Bertz CT molecular complexity index is 2010. The van der Waals surface area contributed by atoms with Gasteiger partial charge >= 0.3 is 24.1 Å². The van der Waals surface area contributed by atoms with Crippen LogP contribution in [0.1, 0.15) is 108 Å². The van der Waals surface area contributed by atoms with Crippen LogP contribution in [0.2, 0.25) is 0 Å². The minimum Gasteiger partial charge on any atom is -0.466 e. The quantitative estimate of drug-likeness (QED) is 0.0444. The monoisotopic (exact) mass is 996 g/mol. The molecule has 0 aromatic heterocycles. The number of ether oxygens (including phenoxy) is 4. The molecule has 0 spiro atoms. The molecule has 0 radical (unpaired) electrons. The highest BCUT2D eigenvalue weighted by atomic mass is 32.2. The maximum absolute atomic E-state index is 12.8. The van der Waals surface area contributed by atoms with Crippen molar-refractivity contribution in [1.82, 2.24) is 24.5 Å². The second kappa shape index (κ2) is 28.1. The summed E-state index contributed by atoms with van der Waals surface area (Å²) in [5.41, 5.74) is 1.93. The molecule has 2 aromatic carbocycles. The van der Waals surface area contributed by atoms with Crippen molar-refractivity contribution >= 4 is 34.2 Å². The molecule has 5 fully saturated rings. The Hall–Kier alpha value is -4.29. The number of hydrogen-bond donors (Lipinski definition) is 0. The van der Waals surface area contributed by atoms with Crippen molar-refractivity contribution < 1.29 is 50.7 Å². The lowest BCUT2D eigenvalue weighted by atomic mass is 9.75. The number of nitrogens with zero attached hydrogens (tertiary/aromatic N) is 5. The maximum atomic E-state index is 12.8. The third-order valence-corrected chi connectivity index (χ3v) is 15.2. The summed E-state index contributed by atoms with van der Waals surface area (Å²) in [6.07, 6.45) is 12.4. The van der Waals surface area contributed by atoms with Crippen molar-refractivity contribution in [3.8, 4) is 0 Å². The van der Waals surface area contributed by atoms with Crippen molar-refractivity contribution in [1.29, 1.82) is 0 Å². The Labute approximate surface area is 417 Å². The van der Waals surface area contributed by atoms with Gasteiger partial charge in [0.15, 0.2) is 0 Å². The summed E-state index contributed by atoms with van der Waals surface area (Å²) in [5, 5.41) is 0. The van der Waals surface area contributed by atoms with E-state index in [1.54, 1.807) is 18.7 Å². The molecule has 0 bridgehead atoms. The van der Waals surface area contributed by atoms with Crippen LogP contribution in [-0.4, -0.2) is 167 Å². The molecular weight excluding hydrogens is 915 g/mol. The van der Waals surface area contributed by atoms with Gasteiger partial charge in [-0.25, -0.2) is 9.59 Å². The fraction of sp³-hybridized carbons (Fsp3) is 0.698. The van der Waals surface area contributed by atoms with Crippen molar-refractivity contribution in [2.24, 2.45) is 17.3 Å². The molecule has 70 heavy (non-hydrogen) atoms. The van der Waals surface area contributed by atoms with Crippen LogP contribution < -0.4 is 0 Å². The Balaban J connectivity index is 0.000000244. The van der Waals surface area contributed by atoms with Crippen LogP contribution >= 0.6 is 0 Å². The number of hydrogen-bond acceptors (Lipinski definition) is 14. The van der Waals surface area contributed by atoms with E-state index in [0.29, 0.717) is 58.7 Å². The molecule has 5 saturated heterocycles. The van der Waals surface area contributed by atoms with Crippen molar-refractivity contribution in [3.63, 3.8) is 0 Å². The third kappa shape index (κ3) is 18.4. The summed E-state index contributed by atoms with van der Waals surface area (Å²) >= 11 is 0. The van der Waals surface area contributed by atoms with E-state index in [0.717, 1.165) is 76.5 Å². The van der Waals surface area contributed by atoms with Gasteiger partial charge in [-0.05, 0) is 127 Å². The standard InChI is InChI=1S/C32H49N3O6.C21H32N2O5S/c1-3-39-29(36)22-32(30(37)40-4-2)15-20-34(21-16-32)24-28-25-35(31(38)41-28)17-9-8-10-26-13-18-33(19-14-26)23-27-11-6-5-7-12-27;1-29(25,26)27-17-20-16-23(21(24)28-20)12-6-5-7-18-10-13-22(14-11-18)15-19-8-3-2-4-9-19/h5-7,11-12,26,28H,3-4,8-10,13-25H2,1-2H3;2-4,8-9,18,20H,5-7,10-17H2,1H3. The molecule has 0 N–H and O–H groups in total. The Kier molecular flexibility index (Phi) is 22.1. The zero-order chi connectivity index (χ0) is 49.8. The predicted octanol–water partition coefficient (Wildman–Crippen LogP) is 7.35. The third-order valence-electron chi connectivity index (χ3n) is 14.6. The molecule has 2 amide bonds. The molecule has 2 aromatic rings. The van der Waals surface area contributed by atoms with Crippen LogP contribution in [0.5, 0.6) is 0 Å². The summed E-state index contributed by atoms with van der Waals surface area (Å²) in [5.74, 6) is 0.875. The van der Waals surface area contributed by atoms with Gasteiger partial charge in [-0.3, -0.25) is 28.5 Å². The number of piperidine rings is 3. The number of carbonyl (C=O) groups is 4. The average Bonchev–Trinajstić information content (AvgIpc) is 3.89. The van der Waals surface area contributed by atoms with E-state index in [9.17, 15) is 27.6 Å². The van der Waals surface area contributed by atoms with Crippen LogP contribution in [0.3, 0.4) is 0 Å². The number of benzene rings is 2. The minimum atomic E-state index is -3.52. The Morgan fingerprint density at radius 2 is 1.11 bits per heavy atom. The SMILES string of the molecule is CCOC(=O)CC1(C(=O)OCC)CCN(CC2CN(CCCCC3CCN(Cc4ccccc4)CC3)C(=O)O2)CC1.CS(=O)(=O)OCC1CN(CCCCC2CCN(Cc3ccccc3)CC2)C(=O)O1. The molecule has 0 saturated carbocycles. The van der Waals surface area contributed by atoms with Gasteiger partial charge in [0.05, 0.1) is 44.4 Å². The molecule has 5 heterocycles. The summed E-state index contributed by atoms with van der Waals surface area (Å²) in [6, 6.07) is 21.3. The topological polar surface area (TPSA) is 165 Å². The van der Waals surface area contributed by atoms with Gasteiger partial charge in [0.2, 0.25) is 0 Å². The van der Waals surface area contributed by atoms with Crippen LogP contribution in [0, 0.1) is 17.3 Å². The highest BCUT2D eigenvalue weighted by molar-refractivity contribution is 7.85. The minimum absolute atomic E-state index is 0.0481. The largest absolute Gasteiger partial charge is 0.466 e. The Morgan fingerprint density at radius 1 is 0.643 bits per heavy atom. The molecule has 7 rings (SSSR count). The molecule has 0 aliphatic carbocycles.